The van der Waals surface area contributed by atoms with Crippen LogP contribution in [0.15, 0.2) is 60.7 Å². The van der Waals surface area contributed by atoms with Gasteiger partial charge in [-0.15, -0.1) is 10.2 Å². The smallest absolute Gasteiger partial charge is 0.348 e. The molecule has 0 amide bonds. The lowest BCUT2D eigenvalue weighted by atomic mass is 10.1. The SMILES string of the molecule is COc1ccc(Cl)cc1C(=O)Oc1ccc(-c2ccccc2)nn1. The minimum Gasteiger partial charge on any atom is -0.496 e. The lowest BCUT2D eigenvalue weighted by Crippen LogP contribution is -2.11. The van der Waals surface area contributed by atoms with Gasteiger partial charge in [-0.25, -0.2) is 4.79 Å². The topological polar surface area (TPSA) is 61.3 Å². The maximum atomic E-state index is 12.3. The first-order chi connectivity index (χ1) is 11.7. The minimum absolute atomic E-state index is 0.0988. The van der Waals surface area contributed by atoms with E-state index in [1.54, 1.807) is 24.3 Å². The van der Waals surface area contributed by atoms with Gasteiger partial charge in [-0.1, -0.05) is 41.9 Å². The van der Waals surface area contributed by atoms with E-state index in [0.29, 0.717) is 16.5 Å². The zero-order valence-corrected chi connectivity index (χ0v) is 13.5. The van der Waals surface area contributed by atoms with Gasteiger partial charge in [-0.05, 0) is 24.3 Å². The largest absolute Gasteiger partial charge is 0.496 e. The molecule has 0 fully saturated rings. The Balaban J connectivity index is 1.79. The summed E-state index contributed by atoms with van der Waals surface area (Å²) in [5.74, 6) is -0.143. The highest BCUT2D eigenvalue weighted by Gasteiger charge is 2.16. The predicted octanol–water partition coefficient (Wildman–Crippen LogP) is 4.02. The molecular weight excluding hydrogens is 328 g/mol. The van der Waals surface area contributed by atoms with Crippen molar-refractivity contribution in [2.75, 3.05) is 7.11 Å². The summed E-state index contributed by atoms with van der Waals surface area (Å²) >= 11 is 5.92. The Morgan fingerprint density at radius 1 is 1.00 bits per heavy atom. The lowest BCUT2D eigenvalue weighted by Gasteiger charge is -2.08. The zero-order chi connectivity index (χ0) is 16.9. The van der Waals surface area contributed by atoms with Crippen LogP contribution < -0.4 is 9.47 Å². The molecule has 5 nitrogen and oxygen atoms in total. The van der Waals surface area contributed by atoms with Crippen LogP contribution >= 0.6 is 11.6 Å². The molecule has 0 atom stereocenters. The molecule has 0 aliphatic heterocycles. The van der Waals surface area contributed by atoms with Crippen molar-refractivity contribution in [3.05, 3.63) is 71.2 Å². The highest BCUT2D eigenvalue weighted by Crippen LogP contribution is 2.24. The molecule has 0 saturated carbocycles. The first-order valence-electron chi connectivity index (χ1n) is 7.12. The van der Waals surface area contributed by atoms with Gasteiger partial charge in [0.25, 0.3) is 0 Å². The van der Waals surface area contributed by atoms with Gasteiger partial charge in [0, 0.05) is 16.7 Å². The van der Waals surface area contributed by atoms with Gasteiger partial charge in [-0.3, -0.25) is 0 Å². The van der Waals surface area contributed by atoms with E-state index >= 15 is 0 Å². The fraction of sp³-hybridized carbons (Fsp3) is 0.0556. The van der Waals surface area contributed by atoms with Crippen molar-refractivity contribution in [3.63, 3.8) is 0 Å². The van der Waals surface area contributed by atoms with Gasteiger partial charge in [0.1, 0.15) is 11.3 Å². The van der Waals surface area contributed by atoms with Gasteiger partial charge < -0.3 is 9.47 Å². The van der Waals surface area contributed by atoms with Crippen molar-refractivity contribution < 1.29 is 14.3 Å². The summed E-state index contributed by atoms with van der Waals surface area (Å²) in [4.78, 5) is 12.3. The molecule has 3 rings (SSSR count). The van der Waals surface area contributed by atoms with E-state index in [-0.39, 0.29) is 11.4 Å². The van der Waals surface area contributed by atoms with Gasteiger partial charge in [0.2, 0.25) is 5.88 Å². The molecule has 6 heteroatoms. The van der Waals surface area contributed by atoms with Gasteiger partial charge in [0.15, 0.2) is 0 Å². The Hall–Kier alpha value is -2.92. The standard InChI is InChI=1S/C18H13ClN2O3/c1-23-16-9-7-13(19)11-14(16)18(22)24-17-10-8-15(20-21-17)12-5-3-2-4-6-12/h2-11H,1H3. The van der Waals surface area contributed by atoms with Crippen molar-refractivity contribution >= 4 is 17.6 Å². The summed E-state index contributed by atoms with van der Waals surface area (Å²) in [5.41, 5.74) is 1.84. The van der Waals surface area contributed by atoms with Crippen molar-refractivity contribution in [3.8, 4) is 22.9 Å². The van der Waals surface area contributed by atoms with Crippen LogP contribution in [0.4, 0.5) is 0 Å². The molecule has 1 aromatic heterocycles. The highest BCUT2D eigenvalue weighted by atomic mass is 35.5. The van der Waals surface area contributed by atoms with E-state index in [1.165, 1.54) is 13.2 Å². The maximum absolute atomic E-state index is 12.3. The number of hydrogen-bond donors (Lipinski definition) is 0. The van der Waals surface area contributed by atoms with Crippen LogP contribution in [0, 0.1) is 0 Å². The highest BCUT2D eigenvalue weighted by molar-refractivity contribution is 6.31. The Labute approximate surface area is 143 Å². The average molecular weight is 341 g/mol. The van der Waals surface area contributed by atoms with Crippen LogP contribution in [0.25, 0.3) is 11.3 Å². The Morgan fingerprint density at radius 3 is 2.46 bits per heavy atom. The quantitative estimate of drug-likeness (QED) is 0.671. The Morgan fingerprint density at radius 2 is 1.79 bits per heavy atom. The molecular formula is C18H13ClN2O3. The molecule has 120 valence electrons. The number of methoxy groups -OCH3 is 1. The first kappa shape index (κ1) is 16.0. The van der Waals surface area contributed by atoms with Gasteiger partial charge >= 0.3 is 5.97 Å². The Kier molecular flexibility index (Phi) is 4.72. The van der Waals surface area contributed by atoms with E-state index < -0.39 is 5.97 Å². The third-order valence-corrected chi connectivity index (χ3v) is 3.52. The van der Waals surface area contributed by atoms with Crippen LogP contribution in [0.2, 0.25) is 5.02 Å². The molecule has 2 aromatic carbocycles. The van der Waals surface area contributed by atoms with E-state index in [4.69, 9.17) is 21.1 Å². The molecule has 0 N–H and O–H groups in total. The van der Waals surface area contributed by atoms with Crippen LogP contribution in [0.1, 0.15) is 10.4 Å². The number of esters is 1. The number of ether oxygens (including phenoxy) is 2. The van der Waals surface area contributed by atoms with Gasteiger partial charge in [0.05, 0.1) is 12.8 Å². The van der Waals surface area contributed by atoms with E-state index in [9.17, 15) is 4.79 Å². The lowest BCUT2D eigenvalue weighted by molar-refractivity contribution is 0.0722. The molecule has 0 aliphatic rings. The van der Waals surface area contributed by atoms with E-state index in [1.807, 2.05) is 30.3 Å². The number of benzene rings is 2. The number of rotatable bonds is 4. The molecule has 1 heterocycles. The summed E-state index contributed by atoms with van der Waals surface area (Å²) in [6.45, 7) is 0. The molecule has 0 saturated heterocycles. The maximum Gasteiger partial charge on any atom is 0.348 e. The molecule has 0 radical (unpaired) electrons. The third-order valence-electron chi connectivity index (χ3n) is 3.29. The first-order valence-corrected chi connectivity index (χ1v) is 7.50. The number of hydrogen-bond acceptors (Lipinski definition) is 5. The summed E-state index contributed by atoms with van der Waals surface area (Å²) in [6.07, 6.45) is 0. The molecule has 0 bridgehead atoms. The van der Waals surface area contributed by atoms with Gasteiger partial charge in [-0.2, -0.15) is 0 Å². The molecule has 3 aromatic rings. The normalized spacial score (nSPS) is 10.2. The van der Waals surface area contributed by atoms with Crippen LogP contribution in [-0.2, 0) is 0 Å². The minimum atomic E-state index is -0.615. The fourth-order valence-corrected chi connectivity index (χ4v) is 2.30. The number of halogens is 1. The van der Waals surface area contributed by atoms with E-state index in [2.05, 4.69) is 10.2 Å². The number of carbonyl (C=O) groups excluding carboxylic acids is 1. The van der Waals surface area contributed by atoms with Crippen LogP contribution in [-0.4, -0.2) is 23.3 Å². The second-order valence-electron chi connectivity index (χ2n) is 4.86. The summed E-state index contributed by atoms with van der Waals surface area (Å²) in [5, 5.41) is 8.41. The summed E-state index contributed by atoms with van der Waals surface area (Å²) < 4.78 is 10.4. The molecule has 0 spiro atoms. The monoisotopic (exact) mass is 340 g/mol. The van der Waals surface area contributed by atoms with E-state index in [0.717, 1.165) is 5.56 Å². The average Bonchev–Trinajstić information content (AvgIpc) is 2.63. The van der Waals surface area contributed by atoms with Crippen molar-refractivity contribution in [1.29, 1.82) is 0 Å². The number of carbonyl (C=O) groups is 1. The van der Waals surface area contributed by atoms with Crippen LogP contribution in [0.3, 0.4) is 0 Å². The van der Waals surface area contributed by atoms with Crippen molar-refractivity contribution in [2.45, 2.75) is 0 Å². The second kappa shape index (κ2) is 7.10. The molecule has 0 aliphatic carbocycles. The van der Waals surface area contributed by atoms with Crippen molar-refractivity contribution in [2.24, 2.45) is 0 Å². The Bertz CT molecular complexity index is 852. The molecule has 24 heavy (non-hydrogen) atoms. The third kappa shape index (κ3) is 3.52. The summed E-state index contributed by atoms with van der Waals surface area (Å²) in [6, 6.07) is 17.6. The number of nitrogens with zero attached hydrogens (tertiary/aromatic N) is 2. The predicted molar refractivity (Wildman–Crippen MR) is 90.4 cm³/mol. The molecule has 0 unspecified atom stereocenters. The summed E-state index contributed by atoms with van der Waals surface area (Å²) in [7, 11) is 1.47. The number of aromatic nitrogens is 2. The van der Waals surface area contributed by atoms with Crippen molar-refractivity contribution in [1.82, 2.24) is 10.2 Å². The fourth-order valence-electron chi connectivity index (χ4n) is 2.13. The zero-order valence-electron chi connectivity index (χ0n) is 12.8. The van der Waals surface area contributed by atoms with Crippen LogP contribution in [0.5, 0.6) is 11.6 Å². The second-order valence-corrected chi connectivity index (χ2v) is 5.29.